The number of aliphatic imine (C=N–C) groups is 1. The molecule has 2 rings (SSSR count). The topological polar surface area (TPSA) is 85.9 Å². The van der Waals surface area contributed by atoms with Crippen LogP contribution in [-0.4, -0.2) is 37.8 Å². The van der Waals surface area contributed by atoms with Gasteiger partial charge in [-0.2, -0.15) is 9.66 Å². The molecule has 0 saturated heterocycles. The Hall–Kier alpha value is -1.68. The van der Waals surface area contributed by atoms with E-state index in [1.54, 1.807) is 19.3 Å². The largest absolute Gasteiger partial charge is 0.345 e. The summed E-state index contributed by atoms with van der Waals surface area (Å²) in [6, 6.07) is 2.17. The lowest BCUT2D eigenvalue weighted by atomic mass is 9.86. The molecule has 0 radical (unpaired) electrons. The second-order valence-corrected chi connectivity index (χ2v) is 6.74. The molecule has 1 heterocycles. The number of hydrogen-bond acceptors (Lipinski definition) is 5. The summed E-state index contributed by atoms with van der Waals surface area (Å²) in [4.78, 5) is 5.50. The minimum Gasteiger partial charge on any atom is -0.345 e. The monoisotopic (exact) mass is 294 g/mol. The number of sulfonamides is 1. The van der Waals surface area contributed by atoms with E-state index < -0.39 is 15.5 Å². The summed E-state index contributed by atoms with van der Waals surface area (Å²) in [5.41, 5.74) is -0.255. The smallest absolute Gasteiger partial charge is 0.295 e. The van der Waals surface area contributed by atoms with Gasteiger partial charge < -0.3 is 4.90 Å². The second kappa shape index (κ2) is 6.18. The molecule has 0 spiro atoms. The first kappa shape index (κ1) is 14.7. The van der Waals surface area contributed by atoms with Gasteiger partial charge in [-0.1, -0.05) is 0 Å². The molecule has 1 fully saturated rings. The van der Waals surface area contributed by atoms with Crippen LogP contribution in [0.2, 0.25) is 0 Å². The SMILES string of the molecule is CN1C=CC=NC1S(=O)(=O)N=C1CCC(CC#N)CC1. The molecule has 0 aromatic carbocycles. The first-order valence-electron chi connectivity index (χ1n) is 6.63. The highest BCUT2D eigenvalue weighted by Crippen LogP contribution is 2.26. The lowest BCUT2D eigenvalue weighted by Crippen LogP contribution is -2.34. The average molecular weight is 294 g/mol. The van der Waals surface area contributed by atoms with Crippen molar-refractivity contribution in [3.8, 4) is 6.07 Å². The van der Waals surface area contributed by atoms with Crippen LogP contribution in [0, 0.1) is 17.2 Å². The van der Waals surface area contributed by atoms with Crippen molar-refractivity contribution in [3.63, 3.8) is 0 Å². The molecule has 0 aromatic heterocycles. The molecule has 1 unspecified atom stereocenters. The summed E-state index contributed by atoms with van der Waals surface area (Å²) in [5.74, 6) is 0.375. The van der Waals surface area contributed by atoms with Gasteiger partial charge in [0.05, 0.1) is 6.07 Å². The molecule has 0 aromatic rings. The first-order chi connectivity index (χ1) is 9.53. The van der Waals surface area contributed by atoms with E-state index >= 15 is 0 Å². The molecule has 108 valence electrons. The maximum Gasteiger partial charge on any atom is 0.295 e. The summed E-state index contributed by atoms with van der Waals surface area (Å²) < 4.78 is 28.4. The molecule has 0 bridgehead atoms. The number of nitrogens with zero attached hydrogens (tertiary/aromatic N) is 4. The van der Waals surface area contributed by atoms with Gasteiger partial charge in [0, 0.05) is 31.6 Å². The molecular weight excluding hydrogens is 276 g/mol. The summed E-state index contributed by atoms with van der Waals surface area (Å²) in [7, 11) is -2.00. The second-order valence-electron chi connectivity index (χ2n) is 5.11. The molecule has 6 nitrogen and oxygen atoms in total. The zero-order valence-corrected chi connectivity index (χ0v) is 12.3. The Morgan fingerprint density at radius 2 is 2.20 bits per heavy atom. The van der Waals surface area contributed by atoms with Gasteiger partial charge in [-0.25, -0.2) is 8.42 Å². The Morgan fingerprint density at radius 3 is 2.80 bits per heavy atom. The van der Waals surface area contributed by atoms with Crippen LogP contribution < -0.4 is 0 Å². The minimum atomic E-state index is -3.66. The number of nitriles is 1. The molecule has 1 aliphatic carbocycles. The van der Waals surface area contributed by atoms with Crippen LogP contribution in [0.25, 0.3) is 0 Å². The Bertz CT molecular complexity index is 576. The maximum absolute atomic E-state index is 12.2. The van der Waals surface area contributed by atoms with E-state index in [1.807, 2.05) is 0 Å². The van der Waals surface area contributed by atoms with Crippen LogP contribution in [-0.2, 0) is 10.0 Å². The van der Waals surface area contributed by atoms with Gasteiger partial charge in [-0.05, 0) is 37.7 Å². The van der Waals surface area contributed by atoms with E-state index in [0.717, 1.165) is 12.8 Å². The Balaban J connectivity index is 2.05. The van der Waals surface area contributed by atoms with Gasteiger partial charge in [0.25, 0.3) is 10.0 Å². The average Bonchev–Trinajstić information content (AvgIpc) is 2.41. The molecule has 0 N–H and O–H groups in total. The van der Waals surface area contributed by atoms with Gasteiger partial charge in [0.15, 0.2) is 0 Å². The van der Waals surface area contributed by atoms with Crippen molar-refractivity contribution in [2.75, 3.05) is 7.05 Å². The fourth-order valence-corrected chi connectivity index (χ4v) is 3.78. The van der Waals surface area contributed by atoms with Gasteiger partial charge in [0.2, 0.25) is 5.50 Å². The van der Waals surface area contributed by atoms with Crippen molar-refractivity contribution < 1.29 is 8.42 Å². The summed E-state index contributed by atoms with van der Waals surface area (Å²) >= 11 is 0. The van der Waals surface area contributed by atoms with E-state index in [-0.39, 0.29) is 0 Å². The van der Waals surface area contributed by atoms with E-state index in [4.69, 9.17) is 5.26 Å². The van der Waals surface area contributed by atoms with E-state index in [9.17, 15) is 8.42 Å². The lowest BCUT2D eigenvalue weighted by molar-refractivity contribution is 0.409. The zero-order chi connectivity index (χ0) is 14.6. The molecular formula is C13H18N4O2S. The third-order valence-electron chi connectivity index (χ3n) is 3.55. The fraction of sp³-hybridized carbons (Fsp3) is 0.615. The maximum atomic E-state index is 12.2. The van der Waals surface area contributed by atoms with Gasteiger partial charge in [0.1, 0.15) is 0 Å². The van der Waals surface area contributed by atoms with Crippen molar-refractivity contribution in [2.45, 2.75) is 37.6 Å². The van der Waals surface area contributed by atoms with Crippen molar-refractivity contribution in [2.24, 2.45) is 15.3 Å². The van der Waals surface area contributed by atoms with Gasteiger partial charge in [-0.15, -0.1) is 0 Å². The third-order valence-corrected chi connectivity index (χ3v) is 5.05. The zero-order valence-electron chi connectivity index (χ0n) is 11.4. The van der Waals surface area contributed by atoms with Crippen molar-refractivity contribution in [1.29, 1.82) is 5.26 Å². The number of allylic oxidation sites excluding steroid dienone is 1. The summed E-state index contributed by atoms with van der Waals surface area (Å²) in [6.45, 7) is 0. The summed E-state index contributed by atoms with van der Waals surface area (Å²) in [6.07, 6.45) is 8.36. The molecule has 7 heteroatoms. The van der Waals surface area contributed by atoms with Gasteiger partial charge >= 0.3 is 0 Å². The van der Waals surface area contributed by atoms with Crippen LogP contribution in [0.3, 0.4) is 0 Å². The van der Waals surface area contributed by atoms with E-state index in [2.05, 4.69) is 15.5 Å². The normalized spacial score (nSPS) is 26.4. The highest BCUT2D eigenvalue weighted by molar-refractivity contribution is 7.90. The van der Waals surface area contributed by atoms with E-state index in [0.29, 0.717) is 30.9 Å². The fourth-order valence-electron chi connectivity index (χ4n) is 2.43. The molecule has 1 saturated carbocycles. The highest BCUT2D eigenvalue weighted by Gasteiger charge is 2.29. The highest BCUT2D eigenvalue weighted by atomic mass is 32.2. The predicted octanol–water partition coefficient (Wildman–Crippen LogP) is 1.67. The quantitative estimate of drug-likeness (QED) is 0.792. The minimum absolute atomic E-state index is 0.375. The Labute approximate surface area is 119 Å². The van der Waals surface area contributed by atoms with Crippen molar-refractivity contribution in [3.05, 3.63) is 12.3 Å². The van der Waals surface area contributed by atoms with E-state index in [1.165, 1.54) is 11.1 Å². The van der Waals surface area contributed by atoms with Crippen LogP contribution in [0.5, 0.6) is 0 Å². The van der Waals surface area contributed by atoms with Crippen LogP contribution in [0.1, 0.15) is 32.1 Å². The molecule has 1 atom stereocenters. The predicted molar refractivity (Wildman–Crippen MR) is 77.7 cm³/mol. The van der Waals surface area contributed by atoms with Crippen LogP contribution in [0.15, 0.2) is 21.7 Å². The summed E-state index contributed by atoms with van der Waals surface area (Å²) in [5, 5.41) is 8.67. The standard InChI is InChI=1S/C13H18N4O2S/c1-17-10-2-9-15-13(17)20(18,19)16-12-5-3-11(4-6-12)7-8-14/h2,9-11,13H,3-7H2,1H3. The van der Waals surface area contributed by atoms with Crippen LogP contribution >= 0.6 is 0 Å². The molecule has 20 heavy (non-hydrogen) atoms. The number of hydrogen-bond donors (Lipinski definition) is 0. The molecule has 0 amide bonds. The number of rotatable bonds is 3. The molecule has 2 aliphatic rings. The Kier molecular flexibility index (Phi) is 4.55. The van der Waals surface area contributed by atoms with Gasteiger partial charge in [-0.3, -0.25) is 4.99 Å². The lowest BCUT2D eigenvalue weighted by Gasteiger charge is -2.24. The first-order valence-corrected chi connectivity index (χ1v) is 8.13. The van der Waals surface area contributed by atoms with Crippen molar-refractivity contribution in [1.82, 2.24) is 4.90 Å². The van der Waals surface area contributed by atoms with Crippen LogP contribution in [0.4, 0.5) is 0 Å². The van der Waals surface area contributed by atoms with Crippen molar-refractivity contribution >= 4 is 21.9 Å². The third kappa shape index (κ3) is 3.45. The molecule has 1 aliphatic heterocycles. The Morgan fingerprint density at radius 1 is 1.50 bits per heavy atom.